The lowest BCUT2D eigenvalue weighted by molar-refractivity contribution is 0.667. The van der Waals surface area contributed by atoms with E-state index in [9.17, 15) is 0 Å². The Balaban J connectivity index is 1.22. The molecule has 2 aliphatic carbocycles. The summed E-state index contributed by atoms with van der Waals surface area (Å²) in [6.45, 7) is 9.46. The second kappa shape index (κ2) is 14.3. The molecule has 0 fully saturated rings. The van der Waals surface area contributed by atoms with Crippen LogP contribution >= 0.6 is 11.3 Å². The van der Waals surface area contributed by atoms with Crippen molar-refractivity contribution in [2.45, 2.75) is 44.4 Å². The van der Waals surface area contributed by atoms with E-state index in [2.05, 4.69) is 239 Å². The second-order valence-electron chi connectivity index (χ2n) is 18.2. The maximum atomic E-state index is 2.61. The molecule has 0 bridgehead atoms. The van der Waals surface area contributed by atoms with Gasteiger partial charge in [0, 0.05) is 42.4 Å². The van der Waals surface area contributed by atoms with Gasteiger partial charge in [0.05, 0.1) is 16.8 Å². The van der Waals surface area contributed by atoms with Gasteiger partial charge < -0.3 is 4.90 Å². The molecule has 1 nitrogen and oxygen atoms in total. The van der Waals surface area contributed by atoms with E-state index >= 15 is 0 Å². The van der Waals surface area contributed by atoms with Gasteiger partial charge in [-0.3, -0.25) is 0 Å². The molecule has 10 aromatic rings. The molecular weight excluding hydrogens is 779 g/mol. The Bertz CT molecular complexity index is 3360. The van der Waals surface area contributed by atoms with Crippen LogP contribution in [-0.4, -0.2) is 0 Å². The minimum absolute atomic E-state index is 0.226. The highest BCUT2D eigenvalue weighted by Crippen LogP contribution is 2.61. The Hall–Kier alpha value is -7.00. The molecule has 2 aliphatic rings. The minimum atomic E-state index is -0.536. The molecule has 0 unspecified atom stereocenters. The zero-order valence-electron chi connectivity index (χ0n) is 36.1. The van der Waals surface area contributed by atoms with E-state index < -0.39 is 5.41 Å². The summed E-state index contributed by atoms with van der Waals surface area (Å²) in [6, 6.07) is 77.7. The smallest absolute Gasteiger partial charge is 0.0714 e. The summed E-state index contributed by atoms with van der Waals surface area (Å²) in [6.07, 6.45) is 0. The Morgan fingerprint density at radius 1 is 0.460 bits per heavy atom. The van der Waals surface area contributed by atoms with Gasteiger partial charge in [0.2, 0.25) is 0 Å². The van der Waals surface area contributed by atoms with Gasteiger partial charge in [-0.1, -0.05) is 198 Å². The van der Waals surface area contributed by atoms with Crippen molar-refractivity contribution in [1.82, 2.24) is 0 Å². The van der Waals surface area contributed by atoms with Crippen molar-refractivity contribution in [2.75, 3.05) is 4.90 Å². The fourth-order valence-corrected chi connectivity index (χ4v) is 12.4. The zero-order chi connectivity index (χ0) is 42.5. The quantitative estimate of drug-likeness (QED) is 0.155. The van der Waals surface area contributed by atoms with Crippen LogP contribution in [0.2, 0.25) is 0 Å². The predicted octanol–water partition coefficient (Wildman–Crippen LogP) is 17.0. The lowest BCUT2D eigenvalue weighted by atomic mass is 9.67. The average molecular weight is 826 g/mol. The Kier molecular flexibility index (Phi) is 8.55. The maximum Gasteiger partial charge on any atom is 0.0714 e. The Morgan fingerprint density at radius 3 is 1.78 bits per heavy atom. The van der Waals surface area contributed by atoms with Crippen LogP contribution in [0.4, 0.5) is 17.1 Å². The van der Waals surface area contributed by atoms with Crippen molar-refractivity contribution in [3.8, 4) is 33.4 Å². The van der Waals surface area contributed by atoms with E-state index in [1.165, 1.54) is 98.2 Å². The summed E-state index contributed by atoms with van der Waals surface area (Å²) in [5, 5.41) is 2.72. The largest absolute Gasteiger partial charge is 0.309 e. The molecule has 1 heterocycles. The van der Waals surface area contributed by atoms with Crippen molar-refractivity contribution >= 4 is 48.6 Å². The van der Waals surface area contributed by atoms with Crippen molar-refractivity contribution in [1.29, 1.82) is 0 Å². The fraction of sp³-hybridized carbons (Fsp3) is 0.115. The summed E-state index contributed by atoms with van der Waals surface area (Å²) in [7, 11) is 0. The maximum absolute atomic E-state index is 2.61. The molecule has 0 aliphatic heterocycles. The van der Waals surface area contributed by atoms with Crippen molar-refractivity contribution in [3.05, 3.63) is 245 Å². The third-order valence-corrected chi connectivity index (χ3v) is 15.2. The van der Waals surface area contributed by atoms with E-state index in [1.54, 1.807) is 0 Å². The normalized spacial score (nSPS) is 14.1. The molecule has 1 aromatic heterocycles. The first-order valence-corrected chi connectivity index (χ1v) is 23.1. The predicted molar refractivity (Wildman–Crippen MR) is 268 cm³/mol. The molecule has 0 amide bonds. The fourth-order valence-electron chi connectivity index (χ4n) is 11.3. The molecular formula is C61H47NS. The highest BCUT2D eigenvalue weighted by atomic mass is 32.1. The third kappa shape index (κ3) is 5.47. The summed E-state index contributed by atoms with van der Waals surface area (Å²) in [4.78, 5) is 2.61. The molecule has 12 rings (SSSR count). The number of rotatable bonds is 7. The third-order valence-electron chi connectivity index (χ3n) is 14.1. The first-order valence-electron chi connectivity index (χ1n) is 22.3. The zero-order valence-corrected chi connectivity index (χ0v) is 36.9. The van der Waals surface area contributed by atoms with Crippen molar-refractivity contribution in [3.63, 3.8) is 0 Å². The topological polar surface area (TPSA) is 3.24 Å². The molecule has 63 heavy (non-hydrogen) atoms. The lowest BCUT2D eigenvalue weighted by Crippen LogP contribution is -2.28. The Morgan fingerprint density at radius 2 is 1.06 bits per heavy atom. The van der Waals surface area contributed by atoms with E-state index in [0.29, 0.717) is 5.92 Å². The van der Waals surface area contributed by atoms with E-state index in [0.717, 1.165) is 11.4 Å². The van der Waals surface area contributed by atoms with Gasteiger partial charge in [0.25, 0.3) is 0 Å². The van der Waals surface area contributed by atoms with Gasteiger partial charge in [-0.2, -0.15) is 0 Å². The van der Waals surface area contributed by atoms with Gasteiger partial charge in [0.1, 0.15) is 0 Å². The van der Waals surface area contributed by atoms with Crippen LogP contribution in [0.5, 0.6) is 0 Å². The van der Waals surface area contributed by atoms with Gasteiger partial charge in [0.15, 0.2) is 0 Å². The molecule has 0 saturated heterocycles. The molecule has 0 saturated carbocycles. The molecule has 0 radical (unpaired) electrons. The van der Waals surface area contributed by atoms with Crippen LogP contribution in [0.15, 0.2) is 206 Å². The number of nitrogens with zero attached hydrogens (tertiary/aromatic N) is 1. The van der Waals surface area contributed by atoms with Gasteiger partial charge in [-0.05, 0) is 104 Å². The number of hydrogen-bond acceptors (Lipinski definition) is 2. The number of hydrogen-bond donors (Lipinski definition) is 0. The standard InChI is InChI=1S/C61H47NS/c1-39(2)41-34-35-53(49(36-41)40-20-7-5-8-21-40)62(54-38-56-58(48-29-14-18-33-55(48)63-56)59-57(54)47-28-13-15-30-50(47)60(59,3)4)44-25-19-24-43(37-44)61(42-22-9-6-10-23-42)51-31-16-11-26-45(51)46-27-12-17-32-52(46)61/h5-39H,1-4H3. The van der Waals surface area contributed by atoms with Crippen LogP contribution in [0, 0.1) is 0 Å². The molecule has 9 aromatic carbocycles. The van der Waals surface area contributed by atoms with E-state index in [4.69, 9.17) is 0 Å². The molecule has 0 N–H and O–H groups in total. The summed E-state index contributed by atoms with van der Waals surface area (Å²) < 4.78 is 2.63. The SMILES string of the molecule is CC(C)c1ccc(N(c2cccc(C3(c4ccccc4)c4ccccc4-c4ccccc43)c2)c2cc3sc4ccccc4c3c3c2-c2ccccc2C3(C)C)c(-c2ccccc2)c1. The highest BCUT2D eigenvalue weighted by molar-refractivity contribution is 7.25. The molecule has 2 heteroatoms. The van der Waals surface area contributed by atoms with Gasteiger partial charge in [-0.15, -0.1) is 11.3 Å². The van der Waals surface area contributed by atoms with Crippen molar-refractivity contribution in [2.24, 2.45) is 0 Å². The van der Waals surface area contributed by atoms with Crippen LogP contribution < -0.4 is 4.90 Å². The molecule has 302 valence electrons. The minimum Gasteiger partial charge on any atom is -0.309 e. The summed E-state index contributed by atoms with van der Waals surface area (Å²) >= 11 is 1.91. The van der Waals surface area contributed by atoms with Crippen LogP contribution in [0.3, 0.4) is 0 Å². The lowest BCUT2D eigenvalue weighted by Gasteiger charge is -2.36. The first kappa shape index (κ1) is 37.7. The number of thiophene rings is 1. The van der Waals surface area contributed by atoms with Gasteiger partial charge in [-0.25, -0.2) is 0 Å². The first-order chi connectivity index (χ1) is 30.9. The van der Waals surface area contributed by atoms with E-state index in [1.807, 2.05) is 11.3 Å². The second-order valence-corrected chi connectivity index (χ2v) is 19.3. The number of benzene rings is 9. The summed E-state index contributed by atoms with van der Waals surface area (Å²) in [5.41, 5.74) is 19.6. The Labute approximate surface area is 374 Å². The van der Waals surface area contributed by atoms with Crippen LogP contribution in [0.25, 0.3) is 53.6 Å². The van der Waals surface area contributed by atoms with Crippen molar-refractivity contribution < 1.29 is 0 Å². The highest BCUT2D eigenvalue weighted by Gasteiger charge is 2.46. The van der Waals surface area contributed by atoms with Crippen LogP contribution in [0.1, 0.15) is 72.6 Å². The van der Waals surface area contributed by atoms with Gasteiger partial charge >= 0.3 is 0 Å². The van der Waals surface area contributed by atoms with Crippen LogP contribution in [-0.2, 0) is 10.8 Å². The number of anilines is 3. The molecule has 0 atom stereocenters. The summed E-state index contributed by atoms with van der Waals surface area (Å²) in [5.74, 6) is 0.373. The van der Waals surface area contributed by atoms with E-state index in [-0.39, 0.29) is 5.41 Å². The average Bonchev–Trinajstić information content (AvgIpc) is 3.93. The monoisotopic (exact) mass is 825 g/mol. The molecule has 0 spiro atoms. The number of fused-ring (bicyclic) bond motifs is 10.